The molecule has 0 spiro atoms. The van der Waals surface area contributed by atoms with Crippen LogP contribution in [-0.2, 0) is 4.79 Å². The molecule has 3 aromatic rings. The molecule has 0 aliphatic heterocycles. The molecule has 6 nitrogen and oxygen atoms in total. The summed E-state index contributed by atoms with van der Waals surface area (Å²) in [7, 11) is 1.52. The van der Waals surface area contributed by atoms with Crippen LogP contribution in [0.1, 0.15) is 33.9 Å². The number of carboxylic acids is 1. The maximum absolute atomic E-state index is 12.9. The fraction of sp³-hybridized carbons (Fsp3) is 0.174. The second-order valence-electron chi connectivity index (χ2n) is 6.63. The Balaban J connectivity index is 1.92. The molecule has 1 aromatic heterocycles. The van der Waals surface area contributed by atoms with Crippen molar-refractivity contribution >= 4 is 11.9 Å². The fourth-order valence-electron chi connectivity index (χ4n) is 3.20. The third-order valence-electron chi connectivity index (χ3n) is 4.64. The van der Waals surface area contributed by atoms with E-state index in [0.29, 0.717) is 17.0 Å². The van der Waals surface area contributed by atoms with Crippen LogP contribution in [-0.4, -0.2) is 29.1 Å². The van der Waals surface area contributed by atoms with Gasteiger partial charge in [0.25, 0.3) is 5.91 Å². The first-order valence-electron chi connectivity index (χ1n) is 9.17. The van der Waals surface area contributed by atoms with Gasteiger partial charge in [0.05, 0.1) is 25.1 Å². The van der Waals surface area contributed by atoms with Gasteiger partial charge in [-0.2, -0.15) is 0 Å². The van der Waals surface area contributed by atoms with Crippen molar-refractivity contribution in [2.75, 3.05) is 7.11 Å². The lowest BCUT2D eigenvalue weighted by atomic mass is 9.98. The van der Waals surface area contributed by atoms with E-state index < -0.39 is 17.9 Å². The van der Waals surface area contributed by atoms with Crippen molar-refractivity contribution in [3.63, 3.8) is 0 Å². The molecule has 0 saturated heterocycles. The van der Waals surface area contributed by atoms with Gasteiger partial charge < -0.3 is 15.2 Å². The highest BCUT2D eigenvalue weighted by Crippen LogP contribution is 2.29. The number of aryl methyl sites for hydroxylation is 1. The van der Waals surface area contributed by atoms with Crippen molar-refractivity contribution in [2.45, 2.75) is 19.4 Å². The lowest BCUT2D eigenvalue weighted by molar-refractivity contribution is -0.137. The minimum Gasteiger partial charge on any atom is -0.481 e. The molecule has 0 radical (unpaired) electrons. The summed E-state index contributed by atoms with van der Waals surface area (Å²) >= 11 is 0. The number of hydrogen-bond donors (Lipinski definition) is 2. The highest BCUT2D eigenvalue weighted by Gasteiger charge is 2.21. The van der Waals surface area contributed by atoms with E-state index in [9.17, 15) is 14.7 Å². The molecule has 0 aliphatic rings. The molecule has 2 aromatic carbocycles. The minimum absolute atomic E-state index is 0.217. The first-order chi connectivity index (χ1) is 14.0. The first-order valence-corrected chi connectivity index (χ1v) is 9.17. The Kier molecular flexibility index (Phi) is 6.24. The molecule has 0 saturated carbocycles. The number of hydrogen-bond acceptors (Lipinski definition) is 4. The third kappa shape index (κ3) is 4.79. The van der Waals surface area contributed by atoms with Crippen LogP contribution < -0.4 is 10.1 Å². The summed E-state index contributed by atoms with van der Waals surface area (Å²) in [5, 5.41) is 12.1. The molecule has 6 heteroatoms. The second kappa shape index (κ2) is 9.01. The number of nitrogens with one attached hydrogen (secondary N) is 1. The molecule has 1 amide bonds. The number of amides is 1. The van der Waals surface area contributed by atoms with Crippen molar-refractivity contribution in [2.24, 2.45) is 0 Å². The Morgan fingerprint density at radius 3 is 2.45 bits per heavy atom. The summed E-state index contributed by atoms with van der Waals surface area (Å²) in [6, 6.07) is 18.0. The van der Waals surface area contributed by atoms with Crippen molar-refractivity contribution in [1.82, 2.24) is 10.3 Å². The van der Waals surface area contributed by atoms with Gasteiger partial charge in [-0.25, -0.2) is 4.98 Å². The molecule has 1 unspecified atom stereocenters. The molecule has 148 valence electrons. The van der Waals surface area contributed by atoms with Crippen LogP contribution in [0.3, 0.4) is 0 Å². The summed E-state index contributed by atoms with van der Waals surface area (Å²) in [6.45, 7) is 1.89. The number of aromatic nitrogens is 1. The molecule has 1 heterocycles. The molecular weight excluding hydrogens is 368 g/mol. The maximum Gasteiger partial charge on any atom is 0.305 e. The van der Waals surface area contributed by atoms with E-state index in [1.165, 1.54) is 13.3 Å². The predicted octanol–water partition coefficient (Wildman–Crippen LogP) is 4.01. The normalized spacial score (nSPS) is 11.5. The minimum atomic E-state index is -0.989. The van der Waals surface area contributed by atoms with E-state index in [2.05, 4.69) is 10.3 Å². The lowest BCUT2D eigenvalue weighted by Gasteiger charge is -2.20. The Hall–Kier alpha value is -3.67. The summed E-state index contributed by atoms with van der Waals surface area (Å²) in [5.74, 6) is -0.975. The Labute approximate surface area is 169 Å². The Morgan fingerprint density at radius 2 is 1.79 bits per heavy atom. The number of benzene rings is 2. The van der Waals surface area contributed by atoms with Crippen LogP contribution in [0.15, 0.2) is 66.9 Å². The van der Waals surface area contributed by atoms with Gasteiger partial charge in [0.15, 0.2) is 0 Å². The average molecular weight is 390 g/mol. The quantitative estimate of drug-likeness (QED) is 0.636. The molecule has 2 N–H and O–H groups in total. The zero-order valence-electron chi connectivity index (χ0n) is 16.3. The summed E-state index contributed by atoms with van der Waals surface area (Å²) in [6.07, 6.45) is 1.21. The fourth-order valence-corrected chi connectivity index (χ4v) is 3.20. The van der Waals surface area contributed by atoms with Gasteiger partial charge in [-0.05, 0) is 29.7 Å². The number of pyridine rings is 1. The molecule has 0 bridgehead atoms. The molecular formula is C23H22N2O4. The first kappa shape index (κ1) is 20.1. The molecule has 1 atom stereocenters. The second-order valence-corrected chi connectivity index (χ2v) is 6.63. The van der Waals surface area contributed by atoms with Crippen LogP contribution >= 0.6 is 0 Å². The van der Waals surface area contributed by atoms with Gasteiger partial charge in [0.1, 0.15) is 0 Å². The highest BCUT2D eigenvalue weighted by molar-refractivity contribution is 5.96. The largest absolute Gasteiger partial charge is 0.481 e. The van der Waals surface area contributed by atoms with Crippen LogP contribution in [0.4, 0.5) is 0 Å². The lowest BCUT2D eigenvalue weighted by Crippen LogP contribution is -2.30. The van der Waals surface area contributed by atoms with Crippen LogP contribution in [0.2, 0.25) is 0 Å². The van der Waals surface area contributed by atoms with E-state index in [-0.39, 0.29) is 6.42 Å². The topological polar surface area (TPSA) is 88.5 Å². The number of aliphatic carboxylic acids is 1. The van der Waals surface area contributed by atoms with E-state index in [0.717, 1.165) is 16.7 Å². The summed E-state index contributed by atoms with van der Waals surface area (Å²) < 4.78 is 5.33. The highest BCUT2D eigenvalue weighted by atomic mass is 16.5. The van der Waals surface area contributed by atoms with Crippen molar-refractivity contribution in [1.29, 1.82) is 0 Å². The predicted molar refractivity (Wildman–Crippen MR) is 110 cm³/mol. The van der Waals surface area contributed by atoms with Gasteiger partial charge in [-0.15, -0.1) is 0 Å². The van der Waals surface area contributed by atoms with E-state index in [4.69, 9.17) is 4.74 Å². The standard InChI is InChI=1S/C23H22N2O4/c1-15-8-6-7-11-18(15)20(13-21(26)27)25-22(28)17-12-19(23(29-2)24-14-17)16-9-4-3-5-10-16/h3-12,14,20H,13H2,1-2H3,(H,25,28)(H,26,27). The number of methoxy groups -OCH3 is 1. The summed E-state index contributed by atoms with van der Waals surface area (Å²) in [4.78, 5) is 28.5. The number of carboxylic acid groups (broad SMARTS) is 1. The Bertz CT molecular complexity index is 1020. The number of carbonyl (C=O) groups is 2. The van der Waals surface area contributed by atoms with Crippen LogP contribution in [0.25, 0.3) is 11.1 Å². The van der Waals surface area contributed by atoms with Gasteiger partial charge in [0.2, 0.25) is 5.88 Å². The average Bonchev–Trinajstić information content (AvgIpc) is 2.73. The maximum atomic E-state index is 12.9. The molecule has 0 aliphatic carbocycles. The van der Waals surface area contributed by atoms with Gasteiger partial charge in [-0.3, -0.25) is 9.59 Å². The third-order valence-corrected chi connectivity index (χ3v) is 4.64. The zero-order chi connectivity index (χ0) is 20.8. The number of rotatable bonds is 7. The summed E-state index contributed by atoms with van der Waals surface area (Å²) in [5.41, 5.74) is 3.57. The molecule has 29 heavy (non-hydrogen) atoms. The number of carbonyl (C=O) groups excluding carboxylic acids is 1. The van der Waals surface area contributed by atoms with Crippen molar-refractivity contribution in [3.8, 4) is 17.0 Å². The van der Waals surface area contributed by atoms with E-state index >= 15 is 0 Å². The van der Waals surface area contributed by atoms with E-state index in [1.807, 2.05) is 61.5 Å². The van der Waals surface area contributed by atoms with Gasteiger partial charge >= 0.3 is 5.97 Å². The molecule has 0 fully saturated rings. The SMILES string of the molecule is COc1ncc(C(=O)NC(CC(=O)O)c2ccccc2C)cc1-c1ccccc1. The van der Waals surface area contributed by atoms with Gasteiger partial charge in [-0.1, -0.05) is 54.6 Å². The van der Waals surface area contributed by atoms with Crippen LogP contribution in [0.5, 0.6) is 5.88 Å². The van der Waals surface area contributed by atoms with Gasteiger partial charge in [0, 0.05) is 11.8 Å². The Morgan fingerprint density at radius 1 is 1.10 bits per heavy atom. The van der Waals surface area contributed by atoms with Crippen molar-refractivity contribution < 1.29 is 19.4 Å². The monoisotopic (exact) mass is 390 g/mol. The van der Waals surface area contributed by atoms with Crippen molar-refractivity contribution in [3.05, 3.63) is 83.6 Å². The van der Waals surface area contributed by atoms with E-state index in [1.54, 1.807) is 6.07 Å². The smallest absolute Gasteiger partial charge is 0.305 e. The van der Waals surface area contributed by atoms with Crippen LogP contribution in [0, 0.1) is 6.92 Å². The number of nitrogens with zero attached hydrogens (tertiary/aromatic N) is 1. The number of ether oxygens (including phenoxy) is 1. The molecule has 3 rings (SSSR count). The zero-order valence-corrected chi connectivity index (χ0v) is 16.3.